The van der Waals surface area contributed by atoms with Crippen molar-refractivity contribution < 1.29 is 4.79 Å². The van der Waals surface area contributed by atoms with Crippen LogP contribution >= 0.6 is 0 Å². The molecule has 1 N–H and O–H groups in total. The molecule has 9 heteroatoms. The molecule has 1 aliphatic heterocycles. The molecule has 2 aliphatic rings. The molecule has 1 aromatic carbocycles. The SMILES string of the molecule is O=C(c1cc(=O)[nH]cn1)N1CCN(c2ccc3c(=O)n(C4CCCC4)cnc3c2)CC1. The van der Waals surface area contributed by atoms with E-state index in [9.17, 15) is 14.4 Å². The Bertz CT molecular complexity index is 1240. The highest BCUT2D eigenvalue weighted by atomic mass is 16.2. The minimum absolute atomic E-state index is 0.0317. The molecule has 0 spiro atoms. The van der Waals surface area contributed by atoms with E-state index in [1.165, 1.54) is 25.2 Å². The monoisotopic (exact) mass is 420 g/mol. The highest BCUT2D eigenvalue weighted by Gasteiger charge is 2.24. The molecule has 0 radical (unpaired) electrons. The zero-order chi connectivity index (χ0) is 21.4. The number of fused-ring (bicyclic) bond motifs is 1. The van der Waals surface area contributed by atoms with Crippen molar-refractivity contribution in [3.63, 3.8) is 0 Å². The minimum atomic E-state index is -0.340. The molecule has 0 atom stereocenters. The molecule has 1 amide bonds. The zero-order valence-corrected chi connectivity index (χ0v) is 17.2. The molecule has 2 fully saturated rings. The maximum atomic E-state index is 12.9. The van der Waals surface area contributed by atoms with Crippen LogP contribution in [0.2, 0.25) is 0 Å². The third-order valence-electron chi connectivity index (χ3n) is 6.31. The van der Waals surface area contributed by atoms with Crippen LogP contribution in [0.3, 0.4) is 0 Å². The van der Waals surface area contributed by atoms with Gasteiger partial charge in [0.2, 0.25) is 0 Å². The lowest BCUT2D eigenvalue weighted by atomic mass is 10.1. The average molecular weight is 420 g/mol. The lowest BCUT2D eigenvalue weighted by Crippen LogP contribution is -2.49. The highest BCUT2D eigenvalue weighted by molar-refractivity contribution is 5.92. The summed E-state index contributed by atoms with van der Waals surface area (Å²) in [7, 11) is 0. The van der Waals surface area contributed by atoms with Crippen molar-refractivity contribution in [2.75, 3.05) is 31.1 Å². The van der Waals surface area contributed by atoms with E-state index in [0.717, 1.165) is 18.5 Å². The van der Waals surface area contributed by atoms with Crippen LogP contribution in [0.25, 0.3) is 10.9 Å². The minimum Gasteiger partial charge on any atom is -0.368 e. The standard InChI is InChI=1S/C22H24N6O3/c29-20-12-19(23-13-24-20)22(31)27-9-7-26(8-10-27)16-5-6-17-18(11-16)25-14-28(21(17)30)15-3-1-2-4-15/h5-6,11-15H,1-4,7-10H2,(H,23,24,29). The van der Waals surface area contributed by atoms with Gasteiger partial charge in [0.25, 0.3) is 17.0 Å². The lowest BCUT2D eigenvalue weighted by molar-refractivity contribution is 0.0740. The predicted octanol–water partition coefficient (Wildman–Crippen LogP) is 1.56. The van der Waals surface area contributed by atoms with Crippen LogP contribution in [-0.2, 0) is 0 Å². The summed E-state index contributed by atoms with van der Waals surface area (Å²) in [5, 5.41) is 0.646. The number of amides is 1. The maximum Gasteiger partial charge on any atom is 0.272 e. The molecule has 1 saturated heterocycles. The Labute approximate surface area is 178 Å². The van der Waals surface area contributed by atoms with Crippen molar-refractivity contribution in [2.45, 2.75) is 31.7 Å². The van der Waals surface area contributed by atoms with E-state index in [-0.39, 0.29) is 28.8 Å². The first-order valence-electron chi connectivity index (χ1n) is 10.7. The number of hydrogen-bond acceptors (Lipinski definition) is 6. The summed E-state index contributed by atoms with van der Waals surface area (Å²) in [4.78, 5) is 51.8. The first-order valence-corrected chi connectivity index (χ1v) is 10.7. The second-order valence-corrected chi connectivity index (χ2v) is 8.17. The topological polar surface area (TPSA) is 104 Å². The summed E-state index contributed by atoms with van der Waals surface area (Å²) >= 11 is 0. The number of hydrogen-bond donors (Lipinski definition) is 1. The number of H-pyrrole nitrogens is 1. The van der Waals surface area contributed by atoms with Crippen molar-refractivity contribution in [1.29, 1.82) is 0 Å². The van der Waals surface area contributed by atoms with Crippen LogP contribution in [0.1, 0.15) is 42.2 Å². The molecule has 31 heavy (non-hydrogen) atoms. The van der Waals surface area contributed by atoms with Crippen molar-refractivity contribution in [1.82, 2.24) is 24.4 Å². The Morgan fingerprint density at radius 2 is 1.77 bits per heavy atom. The molecule has 3 aromatic rings. The fourth-order valence-electron chi connectivity index (χ4n) is 4.58. The number of carbonyl (C=O) groups is 1. The second kappa shape index (κ2) is 7.98. The Morgan fingerprint density at radius 3 is 2.52 bits per heavy atom. The largest absolute Gasteiger partial charge is 0.368 e. The second-order valence-electron chi connectivity index (χ2n) is 8.17. The summed E-state index contributed by atoms with van der Waals surface area (Å²) in [5.41, 5.74) is 1.53. The molecule has 0 unspecified atom stereocenters. The number of piperazine rings is 1. The summed E-state index contributed by atoms with van der Waals surface area (Å²) in [6.45, 7) is 2.36. The number of aromatic nitrogens is 4. The van der Waals surface area contributed by atoms with Gasteiger partial charge in [-0.3, -0.25) is 19.0 Å². The number of benzene rings is 1. The predicted molar refractivity (Wildman–Crippen MR) is 116 cm³/mol. The Morgan fingerprint density at radius 1 is 1.00 bits per heavy atom. The molecule has 1 saturated carbocycles. The molecule has 3 heterocycles. The third-order valence-corrected chi connectivity index (χ3v) is 6.31. The van der Waals surface area contributed by atoms with Gasteiger partial charge in [0.1, 0.15) is 5.69 Å². The van der Waals surface area contributed by atoms with E-state index in [1.807, 2.05) is 18.2 Å². The van der Waals surface area contributed by atoms with E-state index in [4.69, 9.17) is 0 Å². The number of carbonyl (C=O) groups excluding carboxylic acids is 1. The van der Waals surface area contributed by atoms with E-state index in [0.29, 0.717) is 37.1 Å². The molecule has 1 aliphatic carbocycles. The van der Waals surface area contributed by atoms with Gasteiger partial charge in [-0.15, -0.1) is 0 Å². The van der Waals surface area contributed by atoms with Crippen LogP contribution in [0.4, 0.5) is 5.69 Å². The Balaban J connectivity index is 1.31. The van der Waals surface area contributed by atoms with Gasteiger partial charge in [-0.2, -0.15) is 0 Å². The first-order chi connectivity index (χ1) is 15.1. The van der Waals surface area contributed by atoms with Crippen LogP contribution < -0.4 is 16.0 Å². The molecular weight excluding hydrogens is 396 g/mol. The molecule has 5 rings (SSSR count). The van der Waals surface area contributed by atoms with Crippen LogP contribution in [0, 0.1) is 0 Å². The number of nitrogens with zero attached hydrogens (tertiary/aromatic N) is 5. The van der Waals surface area contributed by atoms with Crippen LogP contribution in [-0.4, -0.2) is 56.5 Å². The van der Waals surface area contributed by atoms with E-state index >= 15 is 0 Å². The van der Waals surface area contributed by atoms with Crippen molar-refractivity contribution in [2.24, 2.45) is 0 Å². The molecule has 160 valence electrons. The zero-order valence-electron chi connectivity index (χ0n) is 17.2. The lowest BCUT2D eigenvalue weighted by Gasteiger charge is -2.36. The van der Waals surface area contributed by atoms with Gasteiger partial charge in [0, 0.05) is 44.0 Å². The van der Waals surface area contributed by atoms with Gasteiger partial charge < -0.3 is 14.8 Å². The van der Waals surface area contributed by atoms with Crippen LogP contribution in [0.5, 0.6) is 0 Å². The van der Waals surface area contributed by atoms with Gasteiger partial charge in [0.15, 0.2) is 0 Å². The number of anilines is 1. The van der Waals surface area contributed by atoms with Gasteiger partial charge in [-0.05, 0) is 31.0 Å². The molecule has 0 bridgehead atoms. The quantitative estimate of drug-likeness (QED) is 0.690. The smallest absolute Gasteiger partial charge is 0.272 e. The van der Waals surface area contributed by atoms with Gasteiger partial charge in [0.05, 0.1) is 23.6 Å². The van der Waals surface area contributed by atoms with Crippen molar-refractivity contribution in [3.05, 3.63) is 63.3 Å². The highest BCUT2D eigenvalue weighted by Crippen LogP contribution is 2.28. The fraction of sp³-hybridized carbons (Fsp3) is 0.409. The molecular formula is C22H24N6O3. The van der Waals surface area contributed by atoms with E-state index in [1.54, 1.807) is 15.8 Å². The van der Waals surface area contributed by atoms with E-state index in [2.05, 4.69) is 19.9 Å². The Kier molecular flexibility index (Phi) is 5.01. The van der Waals surface area contributed by atoms with Gasteiger partial charge in [-0.1, -0.05) is 12.8 Å². The fourth-order valence-corrected chi connectivity index (χ4v) is 4.58. The van der Waals surface area contributed by atoms with E-state index < -0.39 is 0 Å². The third kappa shape index (κ3) is 3.71. The number of nitrogens with one attached hydrogen (secondary N) is 1. The van der Waals surface area contributed by atoms with Crippen molar-refractivity contribution >= 4 is 22.5 Å². The average Bonchev–Trinajstić information content (AvgIpc) is 3.33. The number of aromatic amines is 1. The summed E-state index contributed by atoms with van der Waals surface area (Å²) in [6.07, 6.45) is 7.35. The van der Waals surface area contributed by atoms with Crippen molar-refractivity contribution in [3.8, 4) is 0 Å². The van der Waals surface area contributed by atoms with Gasteiger partial charge in [-0.25, -0.2) is 9.97 Å². The Hall–Kier alpha value is -3.49. The summed E-state index contributed by atoms with van der Waals surface area (Å²) in [6, 6.07) is 7.26. The number of rotatable bonds is 3. The molecule has 2 aromatic heterocycles. The summed E-state index contributed by atoms with van der Waals surface area (Å²) < 4.78 is 1.79. The molecule has 9 nitrogen and oxygen atoms in total. The summed E-state index contributed by atoms with van der Waals surface area (Å²) in [5.74, 6) is -0.238. The maximum absolute atomic E-state index is 12.9. The van der Waals surface area contributed by atoms with Crippen LogP contribution in [0.15, 0.2) is 46.5 Å². The normalized spacial score (nSPS) is 17.4. The van der Waals surface area contributed by atoms with Gasteiger partial charge >= 0.3 is 0 Å². The first kappa shape index (κ1) is 19.5.